The van der Waals surface area contributed by atoms with Crippen molar-refractivity contribution >= 4 is 16.7 Å². The molecule has 0 aliphatic rings. The summed E-state index contributed by atoms with van der Waals surface area (Å²) in [7, 11) is 0. The van der Waals surface area contributed by atoms with Gasteiger partial charge in [-0.3, -0.25) is 9.36 Å². The lowest BCUT2D eigenvalue weighted by Crippen LogP contribution is -2.15. The van der Waals surface area contributed by atoms with Gasteiger partial charge in [-0.2, -0.15) is 0 Å². The molecule has 29 heavy (non-hydrogen) atoms. The van der Waals surface area contributed by atoms with Crippen LogP contribution in [0.3, 0.4) is 0 Å². The maximum Gasteiger partial charge on any atom is 0.272 e. The largest absolute Gasteiger partial charge is 0.472 e. The first kappa shape index (κ1) is 20.0. The number of halogens is 2. The number of hydrogen-bond donors (Lipinski definition) is 1. The number of aromatic nitrogens is 2. The van der Waals surface area contributed by atoms with E-state index in [-0.39, 0.29) is 11.3 Å². The molecule has 0 bridgehead atoms. The molecule has 3 aromatic rings. The smallest absolute Gasteiger partial charge is 0.272 e. The van der Waals surface area contributed by atoms with Crippen LogP contribution >= 0.6 is 0 Å². The molecule has 0 spiro atoms. The van der Waals surface area contributed by atoms with Gasteiger partial charge < -0.3 is 10.1 Å². The highest BCUT2D eigenvalue weighted by Crippen LogP contribution is 2.25. The Labute approximate surface area is 166 Å². The molecule has 0 amide bonds. The highest BCUT2D eigenvalue weighted by molar-refractivity contribution is 5.83. The van der Waals surface area contributed by atoms with Gasteiger partial charge in [0.25, 0.3) is 6.43 Å². The number of anilines is 1. The van der Waals surface area contributed by atoms with Crippen LogP contribution in [0.2, 0.25) is 0 Å². The summed E-state index contributed by atoms with van der Waals surface area (Å²) < 4.78 is 31.9. The molecule has 148 valence electrons. The van der Waals surface area contributed by atoms with Crippen molar-refractivity contribution in [2.24, 2.45) is 0 Å². The molecule has 0 unspecified atom stereocenters. The Morgan fingerprint density at radius 1 is 1.24 bits per heavy atom. The van der Waals surface area contributed by atoms with E-state index in [1.807, 2.05) is 30.3 Å². The first-order valence-electron chi connectivity index (χ1n) is 8.78. The zero-order chi connectivity index (χ0) is 20.8. The van der Waals surface area contributed by atoms with Gasteiger partial charge in [0.2, 0.25) is 5.88 Å². The molecule has 2 aromatic heterocycles. The molecule has 3 rings (SSSR count). The molecule has 1 aromatic carbocycles. The van der Waals surface area contributed by atoms with Gasteiger partial charge in [0.1, 0.15) is 5.82 Å². The fraction of sp³-hybridized carbons (Fsp3) is 0.0909. The van der Waals surface area contributed by atoms with Crippen LogP contribution in [0, 0.1) is 0 Å². The van der Waals surface area contributed by atoms with E-state index in [4.69, 9.17) is 4.74 Å². The van der Waals surface area contributed by atoms with Gasteiger partial charge in [-0.15, -0.1) is 0 Å². The van der Waals surface area contributed by atoms with Crippen LogP contribution in [0.1, 0.15) is 0 Å². The van der Waals surface area contributed by atoms with Crippen LogP contribution in [0.25, 0.3) is 16.6 Å². The Kier molecular flexibility index (Phi) is 6.19. The quantitative estimate of drug-likeness (QED) is 0.562. The van der Waals surface area contributed by atoms with Crippen molar-refractivity contribution in [3.8, 4) is 11.6 Å². The minimum Gasteiger partial charge on any atom is -0.472 e. The van der Waals surface area contributed by atoms with Crippen molar-refractivity contribution in [2.75, 3.05) is 11.9 Å². The molecule has 5 nitrogen and oxygen atoms in total. The molecule has 0 atom stereocenters. The Balaban J connectivity index is 2.26. The van der Waals surface area contributed by atoms with Crippen molar-refractivity contribution < 1.29 is 13.5 Å². The van der Waals surface area contributed by atoms with Gasteiger partial charge in [0.05, 0.1) is 10.9 Å². The minimum atomic E-state index is -2.63. The van der Waals surface area contributed by atoms with Gasteiger partial charge in [-0.1, -0.05) is 37.4 Å². The van der Waals surface area contributed by atoms with E-state index < -0.39 is 13.0 Å². The van der Waals surface area contributed by atoms with E-state index >= 15 is 0 Å². The zero-order valence-electron chi connectivity index (χ0n) is 15.5. The molecular weight excluding hydrogens is 376 g/mol. The number of nitrogens with zero attached hydrogens (tertiary/aromatic N) is 2. The molecule has 0 aliphatic carbocycles. The van der Waals surface area contributed by atoms with Gasteiger partial charge >= 0.3 is 0 Å². The van der Waals surface area contributed by atoms with E-state index in [1.54, 1.807) is 22.8 Å². The second kappa shape index (κ2) is 8.97. The molecule has 1 N–H and O–H groups in total. The summed E-state index contributed by atoms with van der Waals surface area (Å²) in [5.74, 6) is 0.470. The standard InChI is InChI=1S/C22H19F2N3O2/c1-3-8-15(4-2)26-21-12-19(28)17-13-25-22(29-14-20(23)24)11-18(17)27(21)16-9-6-5-7-10-16/h3-13,20,26H,1-2,14H2/b15-8+. The van der Waals surface area contributed by atoms with Crippen LogP contribution in [0.15, 0.2) is 90.5 Å². The van der Waals surface area contributed by atoms with Crippen molar-refractivity contribution in [1.29, 1.82) is 0 Å². The van der Waals surface area contributed by atoms with Crippen LogP contribution in [-0.4, -0.2) is 22.6 Å². The van der Waals surface area contributed by atoms with E-state index in [9.17, 15) is 13.6 Å². The van der Waals surface area contributed by atoms with E-state index in [0.29, 0.717) is 22.4 Å². The van der Waals surface area contributed by atoms with Gasteiger partial charge in [0.15, 0.2) is 12.0 Å². The fourth-order valence-corrected chi connectivity index (χ4v) is 2.81. The lowest BCUT2D eigenvalue weighted by atomic mass is 10.2. The molecule has 0 saturated heterocycles. The van der Waals surface area contributed by atoms with Gasteiger partial charge in [-0.05, 0) is 24.3 Å². The van der Waals surface area contributed by atoms with Crippen LogP contribution in [0.4, 0.5) is 14.6 Å². The minimum absolute atomic E-state index is 0.00427. The number of ether oxygens (including phenoxy) is 1. The second-order valence-corrected chi connectivity index (χ2v) is 5.99. The lowest BCUT2D eigenvalue weighted by Gasteiger charge is -2.19. The number of hydrogen-bond acceptors (Lipinski definition) is 4. The lowest BCUT2D eigenvalue weighted by molar-refractivity contribution is 0.0797. The number of benzene rings is 1. The molecule has 0 fully saturated rings. The topological polar surface area (TPSA) is 56.1 Å². The molecular formula is C22H19F2N3O2. The first-order chi connectivity index (χ1) is 14.0. The first-order valence-corrected chi connectivity index (χ1v) is 8.78. The van der Waals surface area contributed by atoms with Crippen molar-refractivity contribution in [3.63, 3.8) is 0 Å². The summed E-state index contributed by atoms with van der Waals surface area (Å²) in [6.07, 6.45) is 3.60. The second-order valence-electron chi connectivity index (χ2n) is 5.99. The van der Waals surface area contributed by atoms with Crippen molar-refractivity contribution in [1.82, 2.24) is 9.55 Å². The normalized spacial score (nSPS) is 11.5. The van der Waals surface area contributed by atoms with Gasteiger partial charge in [-0.25, -0.2) is 13.8 Å². The fourth-order valence-electron chi connectivity index (χ4n) is 2.81. The number of alkyl halides is 2. The highest BCUT2D eigenvalue weighted by Gasteiger charge is 2.14. The van der Waals surface area contributed by atoms with E-state index in [0.717, 1.165) is 5.69 Å². The number of pyridine rings is 2. The van der Waals surface area contributed by atoms with Gasteiger partial charge in [0, 0.05) is 29.7 Å². The molecule has 7 heteroatoms. The predicted molar refractivity (Wildman–Crippen MR) is 111 cm³/mol. The summed E-state index contributed by atoms with van der Waals surface area (Å²) in [4.78, 5) is 16.6. The van der Waals surface area contributed by atoms with Crippen LogP contribution in [-0.2, 0) is 0 Å². The third kappa shape index (κ3) is 4.57. The third-order valence-corrected chi connectivity index (χ3v) is 4.03. The number of para-hydroxylation sites is 1. The van der Waals surface area contributed by atoms with E-state index in [2.05, 4.69) is 23.5 Å². The SMILES string of the molecule is C=C/C=C(\C=C)Nc1cc(=O)c2cnc(OCC(F)F)cc2n1-c1ccccc1. The summed E-state index contributed by atoms with van der Waals surface area (Å²) in [6.45, 7) is 6.63. The Hall–Kier alpha value is -3.74. The molecule has 0 radical (unpaired) electrons. The maximum absolute atomic E-state index is 12.7. The summed E-state index contributed by atoms with van der Waals surface area (Å²) >= 11 is 0. The third-order valence-electron chi connectivity index (χ3n) is 4.03. The van der Waals surface area contributed by atoms with Crippen LogP contribution < -0.4 is 15.5 Å². The average Bonchev–Trinajstić information content (AvgIpc) is 2.72. The van der Waals surface area contributed by atoms with Crippen molar-refractivity contribution in [2.45, 2.75) is 6.43 Å². The van der Waals surface area contributed by atoms with E-state index in [1.165, 1.54) is 18.3 Å². The number of rotatable bonds is 8. The number of allylic oxidation sites excluding steroid dienone is 3. The summed E-state index contributed by atoms with van der Waals surface area (Å²) in [5, 5.41) is 3.48. The van der Waals surface area contributed by atoms with Crippen molar-refractivity contribution in [3.05, 3.63) is 96.0 Å². The Morgan fingerprint density at radius 3 is 2.66 bits per heavy atom. The molecule has 0 aliphatic heterocycles. The maximum atomic E-state index is 12.7. The Bertz CT molecular complexity index is 1120. The predicted octanol–water partition coefficient (Wildman–Crippen LogP) is 4.70. The monoisotopic (exact) mass is 395 g/mol. The molecule has 2 heterocycles. The highest BCUT2D eigenvalue weighted by atomic mass is 19.3. The van der Waals surface area contributed by atoms with Crippen LogP contribution in [0.5, 0.6) is 5.88 Å². The number of fused-ring (bicyclic) bond motifs is 1. The summed E-state index contributed by atoms with van der Waals surface area (Å²) in [5.41, 5.74) is 1.58. The molecule has 0 saturated carbocycles. The Morgan fingerprint density at radius 2 is 2.00 bits per heavy atom. The zero-order valence-corrected chi connectivity index (χ0v) is 15.5. The number of nitrogens with one attached hydrogen (secondary N) is 1. The average molecular weight is 395 g/mol. The summed E-state index contributed by atoms with van der Waals surface area (Å²) in [6, 6.07) is 12.2.